The van der Waals surface area contributed by atoms with Crippen molar-refractivity contribution in [1.82, 2.24) is 9.88 Å². The zero-order chi connectivity index (χ0) is 14.3. The highest BCUT2D eigenvalue weighted by Crippen LogP contribution is 2.36. The molecule has 3 heterocycles. The van der Waals surface area contributed by atoms with Crippen LogP contribution in [0.3, 0.4) is 0 Å². The molecule has 0 radical (unpaired) electrons. The van der Waals surface area contributed by atoms with E-state index in [2.05, 4.69) is 4.98 Å². The number of rotatable bonds is 1. The number of nitrogen functional groups attached to an aromatic ring is 1. The van der Waals surface area contributed by atoms with E-state index in [4.69, 9.17) is 5.73 Å². The Morgan fingerprint density at radius 1 is 1.35 bits per heavy atom. The van der Waals surface area contributed by atoms with Crippen LogP contribution in [0.15, 0.2) is 6.07 Å². The molecule has 2 N–H and O–H groups in total. The first-order chi connectivity index (χ1) is 9.58. The van der Waals surface area contributed by atoms with Gasteiger partial charge in [-0.15, -0.1) is 11.3 Å². The third-order valence-electron chi connectivity index (χ3n) is 3.51. The number of pyridine rings is 1. The van der Waals surface area contributed by atoms with Crippen molar-refractivity contribution in [3.8, 4) is 0 Å². The molecule has 4 nitrogen and oxygen atoms in total. The summed E-state index contributed by atoms with van der Waals surface area (Å²) >= 11 is 3.38. The zero-order valence-corrected chi connectivity index (χ0v) is 13.2. The van der Waals surface area contributed by atoms with Crippen LogP contribution in [0.25, 0.3) is 10.1 Å². The first kappa shape index (κ1) is 13.7. The van der Waals surface area contributed by atoms with Gasteiger partial charge in [0, 0.05) is 46.1 Å². The lowest BCUT2D eigenvalue weighted by molar-refractivity contribution is 0.0778. The van der Waals surface area contributed by atoms with Crippen molar-refractivity contribution in [1.29, 1.82) is 0 Å². The van der Waals surface area contributed by atoms with E-state index < -0.39 is 0 Å². The lowest BCUT2D eigenvalue weighted by Gasteiger charge is -2.26. The summed E-state index contributed by atoms with van der Waals surface area (Å²) < 4.78 is 1.06. The van der Waals surface area contributed by atoms with Crippen LogP contribution in [0.1, 0.15) is 21.1 Å². The van der Waals surface area contributed by atoms with E-state index in [1.54, 1.807) is 0 Å². The van der Waals surface area contributed by atoms with E-state index >= 15 is 0 Å². The van der Waals surface area contributed by atoms with Crippen molar-refractivity contribution in [2.24, 2.45) is 0 Å². The molecule has 0 aliphatic carbocycles. The molecule has 0 unspecified atom stereocenters. The third kappa shape index (κ3) is 2.27. The van der Waals surface area contributed by atoms with Gasteiger partial charge in [-0.2, -0.15) is 11.8 Å². The molecule has 1 fully saturated rings. The summed E-state index contributed by atoms with van der Waals surface area (Å²) in [5, 5.41) is 0.940. The van der Waals surface area contributed by atoms with Gasteiger partial charge in [-0.25, -0.2) is 0 Å². The van der Waals surface area contributed by atoms with Gasteiger partial charge in [0.05, 0.1) is 5.69 Å². The molecule has 2 aromatic rings. The Bertz CT molecular complexity index is 675. The van der Waals surface area contributed by atoms with Crippen molar-refractivity contribution in [2.75, 3.05) is 30.3 Å². The summed E-state index contributed by atoms with van der Waals surface area (Å²) in [5.74, 6) is 2.09. The number of anilines is 1. The second-order valence-electron chi connectivity index (χ2n) is 4.97. The minimum absolute atomic E-state index is 0.0704. The van der Waals surface area contributed by atoms with Gasteiger partial charge in [-0.05, 0) is 19.9 Å². The summed E-state index contributed by atoms with van der Waals surface area (Å²) in [6.45, 7) is 5.54. The Balaban J connectivity index is 2.05. The van der Waals surface area contributed by atoms with Crippen molar-refractivity contribution in [3.05, 3.63) is 22.3 Å². The lowest BCUT2D eigenvalue weighted by Crippen LogP contribution is -2.37. The molecule has 3 rings (SSSR count). The van der Waals surface area contributed by atoms with Gasteiger partial charge < -0.3 is 10.6 Å². The van der Waals surface area contributed by atoms with Gasteiger partial charge >= 0.3 is 0 Å². The topological polar surface area (TPSA) is 59.2 Å². The summed E-state index contributed by atoms with van der Waals surface area (Å²) in [7, 11) is 0. The Hall–Kier alpha value is -1.27. The van der Waals surface area contributed by atoms with Gasteiger partial charge in [-0.1, -0.05) is 0 Å². The molecule has 0 bridgehead atoms. The summed E-state index contributed by atoms with van der Waals surface area (Å²) in [5.41, 5.74) is 8.68. The number of aryl methyl sites for hydroxylation is 2. The standard InChI is InChI=1S/C14H17N3OS2/c1-8-7-10-11(9(2)16-8)12(15)13(20-10)14(18)17-3-5-19-6-4-17/h7H,3-6,15H2,1-2H3. The number of nitrogens with zero attached hydrogens (tertiary/aromatic N) is 2. The summed E-state index contributed by atoms with van der Waals surface area (Å²) in [4.78, 5) is 19.6. The second kappa shape index (κ2) is 5.26. The van der Waals surface area contributed by atoms with Crippen LogP contribution in [0, 0.1) is 13.8 Å². The van der Waals surface area contributed by atoms with Crippen LogP contribution < -0.4 is 5.73 Å². The number of thioether (sulfide) groups is 1. The molecule has 106 valence electrons. The number of thiophene rings is 1. The maximum atomic E-state index is 12.6. The molecule has 1 aliphatic rings. The number of amides is 1. The van der Waals surface area contributed by atoms with Gasteiger partial charge in [0.15, 0.2) is 0 Å². The van der Waals surface area contributed by atoms with E-state index in [1.165, 1.54) is 11.3 Å². The highest BCUT2D eigenvalue weighted by atomic mass is 32.2. The van der Waals surface area contributed by atoms with Crippen LogP contribution in [0.4, 0.5) is 5.69 Å². The number of hydrogen-bond donors (Lipinski definition) is 1. The molecule has 6 heteroatoms. The second-order valence-corrected chi connectivity index (χ2v) is 7.25. The zero-order valence-electron chi connectivity index (χ0n) is 11.6. The third-order valence-corrected chi connectivity index (χ3v) is 5.59. The summed E-state index contributed by atoms with van der Waals surface area (Å²) in [6, 6.07) is 2.01. The summed E-state index contributed by atoms with van der Waals surface area (Å²) in [6.07, 6.45) is 0. The molecule has 0 spiro atoms. The Labute approximate surface area is 126 Å². The minimum Gasteiger partial charge on any atom is -0.397 e. The molecule has 20 heavy (non-hydrogen) atoms. The molecular formula is C14H17N3OS2. The Kier molecular flexibility index (Phi) is 3.60. The molecule has 0 aromatic carbocycles. The maximum absolute atomic E-state index is 12.6. The quantitative estimate of drug-likeness (QED) is 0.880. The predicted molar refractivity (Wildman–Crippen MR) is 86.7 cm³/mol. The number of hydrogen-bond acceptors (Lipinski definition) is 5. The minimum atomic E-state index is 0.0704. The highest BCUT2D eigenvalue weighted by molar-refractivity contribution is 7.99. The van der Waals surface area contributed by atoms with Crippen molar-refractivity contribution in [2.45, 2.75) is 13.8 Å². The highest BCUT2D eigenvalue weighted by Gasteiger charge is 2.24. The normalized spacial score (nSPS) is 15.8. The SMILES string of the molecule is Cc1cc2sc(C(=O)N3CCSCC3)c(N)c2c(C)n1. The van der Waals surface area contributed by atoms with E-state index in [0.717, 1.165) is 46.1 Å². The smallest absolute Gasteiger partial charge is 0.266 e. The molecule has 1 aliphatic heterocycles. The van der Waals surface area contributed by atoms with Gasteiger partial charge in [0.1, 0.15) is 4.88 Å². The molecule has 1 amide bonds. The number of fused-ring (bicyclic) bond motifs is 1. The van der Waals surface area contributed by atoms with Crippen LogP contribution in [-0.4, -0.2) is 40.4 Å². The molecule has 2 aromatic heterocycles. The first-order valence-electron chi connectivity index (χ1n) is 6.61. The first-order valence-corrected chi connectivity index (χ1v) is 8.58. The van der Waals surface area contributed by atoms with Crippen LogP contribution in [0.5, 0.6) is 0 Å². The monoisotopic (exact) mass is 307 g/mol. The van der Waals surface area contributed by atoms with Crippen LogP contribution in [0.2, 0.25) is 0 Å². The fourth-order valence-corrected chi connectivity index (χ4v) is 4.69. The number of carbonyl (C=O) groups excluding carboxylic acids is 1. The maximum Gasteiger partial charge on any atom is 0.266 e. The van der Waals surface area contributed by atoms with Crippen molar-refractivity contribution < 1.29 is 4.79 Å². The van der Waals surface area contributed by atoms with Crippen molar-refractivity contribution in [3.63, 3.8) is 0 Å². The van der Waals surface area contributed by atoms with Crippen molar-refractivity contribution >= 4 is 44.8 Å². The molecular weight excluding hydrogens is 290 g/mol. The van der Waals surface area contributed by atoms with Gasteiger partial charge in [0.2, 0.25) is 0 Å². The number of nitrogens with two attached hydrogens (primary N) is 1. The average molecular weight is 307 g/mol. The number of aromatic nitrogens is 1. The largest absolute Gasteiger partial charge is 0.397 e. The lowest BCUT2D eigenvalue weighted by atomic mass is 10.2. The number of carbonyl (C=O) groups is 1. The molecule has 0 atom stereocenters. The van der Waals surface area contributed by atoms with Crippen LogP contribution in [-0.2, 0) is 0 Å². The Morgan fingerprint density at radius 3 is 2.75 bits per heavy atom. The Morgan fingerprint density at radius 2 is 2.05 bits per heavy atom. The van der Waals surface area contributed by atoms with Crippen LogP contribution >= 0.6 is 23.1 Å². The van der Waals surface area contributed by atoms with Gasteiger partial charge in [-0.3, -0.25) is 9.78 Å². The molecule has 1 saturated heterocycles. The fraction of sp³-hybridized carbons (Fsp3) is 0.429. The van der Waals surface area contributed by atoms with E-state index in [9.17, 15) is 4.79 Å². The molecule has 0 saturated carbocycles. The van der Waals surface area contributed by atoms with E-state index in [1.807, 2.05) is 36.6 Å². The fourth-order valence-electron chi connectivity index (χ4n) is 2.55. The predicted octanol–water partition coefficient (Wildman–Crippen LogP) is 2.68. The average Bonchev–Trinajstić information content (AvgIpc) is 2.76. The van der Waals surface area contributed by atoms with E-state index in [-0.39, 0.29) is 5.91 Å². The van der Waals surface area contributed by atoms with E-state index in [0.29, 0.717) is 10.6 Å². The van der Waals surface area contributed by atoms with Gasteiger partial charge in [0.25, 0.3) is 5.91 Å².